The van der Waals surface area contributed by atoms with Gasteiger partial charge in [-0.1, -0.05) is 19.1 Å². The van der Waals surface area contributed by atoms with Crippen molar-refractivity contribution in [3.8, 4) is 5.75 Å². The van der Waals surface area contributed by atoms with Crippen molar-refractivity contribution in [2.75, 3.05) is 20.7 Å². The second-order valence-corrected chi connectivity index (χ2v) is 6.27. The van der Waals surface area contributed by atoms with Crippen molar-refractivity contribution in [1.82, 2.24) is 10.2 Å². The Balaban J connectivity index is 1.97. The first-order valence-electron chi connectivity index (χ1n) is 7.61. The second-order valence-electron chi connectivity index (χ2n) is 6.27. The minimum absolute atomic E-state index is 0.379. The van der Waals surface area contributed by atoms with Crippen molar-refractivity contribution < 1.29 is 4.74 Å². The lowest BCUT2D eigenvalue weighted by Gasteiger charge is -2.41. The van der Waals surface area contributed by atoms with Crippen molar-refractivity contribution in [3.63, 3.8) is 0 Å². The molecule has 1 aromatic carbocycles. The second kappa shape index (κ2) is 6.59. The lowest BCUT2D eigenvalue weighted by molar-refractivity contribution is 0.116. The van der Waals surface area contributed by atoms with Gasteiger partial charge in [-0.25, -0.2) is 0 Å². The number of methoxy groups -OCH3 is 1. The van der Waals surface area contributed by atoms with Crippen LogP contribution in [0.2, 0.25) is 0 Å². The average molecular weight is 276 g/mol. The molecular weight excluding hydrogens is 248 g/mol. The van der Waals surface area contributed by atoms with Crippen LogP contribution in [0.3, 0.4) is 0 Å². The van der Waals surface area contributed by atoms with Crippen molar-refractivity contribution >= 4 is 0 Å². The van der Waals surface area contributed by atoms with E-state index in [1.54, 1.807) is 7.11 Å². The van der Waals surface area contributed by atoms with E-state index in [1.165, 1.54) is 18.5 Å². The molecule has 4 atom stereocenters. The molecular formula is C17H28N2O. The third-order valence-electron chi connectivity index (χ3n) is 4.69. The van der Waals surface area contributed by atoms with Crippen molar-refractivity contribution in [2.24, 2.45) is 5.92 Å². The van der Waals surface area contributed by atoms with Gasteiger partial charge in [-0.3, -0.25) is 0 Å². The van der Waals surface area contributed by atoms with Gasteiger partial charge in [-0.2, -0.15) is 0 Å². The highest BCUT2D eigenvalue weighted by Gasteiger charge is 2.29. The maximum absolute atomic E-state index is 5.22. The van der Waals surface area contributed by atoms with Crippen LogP contribution in [0, 0.1) is 5.92 Å². The summed E-state index contributed by atoms with van der Waals surface area (Å²) in [6.45, 7) is 8.09. The summed E-state index contributed by atoms with van der Waals surface area (Å²) < 4.78 is 5.22. The van der Waals surface area contributed by atoms with Gasteiger partial charge in [0.15, 0.2) is 0 Å². The SMILES string of the molecule is COc1ccc(C(C)NC2CC(C)N(C)CC2C)cc1. The highest BCUT2D eigenvalue weighted by molar-refractivity contribution is 5.28. The van der Waals surface area contributed by atoms with E-state index < -0.39 is 0 Å². The monoisotopic (exact) mass is 276 g/mol. The van der Waals surface area contributed by atoms with E-state index in [0.717, 1.165) is 5.75 Å². The normalized spacial score (nSPS) is 29.1. The van der Waals surface area contributed by atoms with Crippen LogP contribution in [0.4, 0.5) is 0 Å². The zero-order valence-electron chi connectivity index (χ0n) is 13.4. The first-order valence-corrected chi connectivity index (χ1v) is 7.61. The molecule has 1 aromatic rings. The van der Waals surface area contributed by atoms with Crippen molar-refractivity contribution in [1.29, 1.82) is 0 Å². The van der Waals surface area contributed by atoms with Gasteiger partial charge in [0.2, 0.25) is 0 Å². The maximum Gasteiger partial charge on any atom is 0.118 e. The Morgan fingerprint density at radius 3 is 2.50 bits per heavy atom. The van der Waals surface area contributed by atoms with E-state index in [1.807, 2.05) is 12.1 Å². The van der Waals surface area contributed by atoms with Gasteiger partial charge in [0.05, 0.1) is 7.11 Å². The Labute approximate surface area is 123 Å². The molecule has 0 spiro atoms. The minimum atomic E-state index is 0.379. The molecule has 1 fully saturated rings. The highest BCUT2D eigenvalue weighted by Crippen LogP contribution is 2.24. The molecule has 1 heterocycles. The number of piperidine rings is 1. The molecule has 0 amide bonds. The molecule has 0 aliphatic carbocycles. The van der Waals surface area contributed by atoms with Gasteiger partial charge in [0.1, 0.15) is 5.75 Å². The molecule has 1 aliphatic heterocycles. The summed E-state index contributed by atoms with van der Waals surface area (Å²) >= 11 is 0. The third kappa shape index (κ3) is 3.53. The smallest absolute Gasteiger partial charge is 0.118 e. The van der Waals surface area contributed by atoms with Crippen LogP contribution in [0.25, 0.3) is 0 Å². The van der Waals surface area contributed by atoms with Gasteiger partial charge in [-0.05, 0) is 50.9 Å². The molecule has 0 saturated carbocycles. The summed E-state index contributed by atoms with van der Waals surface area (Å²) in [7, 11) is 3.93. The molecule has 3 heteroatoms. The zero-order valence-corrected chi connectivity index (χ0v) is 13.4. The van der Waals surface area contributed by atoms with Gasteiger partial charge < -0.3 is 15.0 Å². The minimum Gasteiger partial charge on any atom is -0.497 e. The van der Waals surface area contributed by atoms with Crippen LogP contribution in [0.15, 0.2) is 24.3 Å². The van der Waals surface area contributed by atoms with Crippen LogP contribution < -0.4 is 10.1 Å². The first-order chi connectivity index (χ1) is 9.51. The number of hydrogen-bond donors (Lipinski definition) is 1. The molecule has 0 radical (unpaired) electrons. The van der Waals surface area contributed by atoms with Gasteiger partial charge in [0, 0.05) is 24.7 Å². The molecule has 0 bridgehead atoms. The van der Waals surface area contributed by atoms with Crippen LogP contribution in [-0.2, 0) is 0 Å². The predicted octanol–water partition coefficient (Wildman–Crippen LogP) is 3.07. The lowest BCUT2D eigenvalue weighted by Crippen LogP contribution is -2.51. The molecule has 1 aliphatic rings. The quantitative estimate of drug-likeness (QED) is 0.914. The van der Waals surface area contributed by atoms with Gasteiger partial charge in [-0.15, -0.1) is 0 Å². The number of ether oxygens (including phenoxy) is 1. The zero-order chi connectivity index (χ0) is 14.7. The molecule has 112 valence electrons. The molecule has 3 nitrogen and oxygen atoms in total. The fourth-order valence-electron chi connectivity index (χ4n) is 3.08. The Kier molecular flexibility index (Phi) is 5.06. The molecule has 4 unspecified atom stereocenters. The summed E-state index contributed by atoms with van der Waals surface area (Å²) in [5.74, 6) is 1.61. The van der Waals surface area contributed by atoms with Crippen LogP contribution in [-0.4, -0.2) is 37.7 Å². The molecule has 1 N–H and O–H groups in total. The Hall–Kier alpha value is -1.06. The molecule has 0 aromatic heterocycles. The number of nitrogens with zero attached hydrogens (tertiary/aromatic N) is 1. The van der Waals surface area contributed by atoms with E-state index in [9.17, 15) is 0 Å². The number of nitrogens with one attached hydrogen (secondary N) is 1. The van der Waals surface area contributed by atoms with E-state index in [4.69, 9.17) is 4.74 Å². The van der Waals surface area contributed by atoms with Crippen molar-refractivity contribution in [2.45, 2.75) is 45.3 Å². The average Bonchev–Trinajstić information content (AvgIpc) is 2.44. The van der Waals surface area contributed by atoms with E-state index in [2.05, 4.69) is 50.2 Å². The third-order valence-corrected chi connectivity index (χ3v) is 4.69. The predicted molar refractivity (Wildman–Crippen MR) is 84.2 cm³/mol. The van der Waals surface area contributed by atoms with Gasteiger partial charge in [0.25, 0.3) is 0 Å². The largest absolute Gasteiger partial charge is 0.497 e. The highest BCUT2D eigenvalue weighted by atomic mass is 16.5. The molecule has 1 saturated heterocycles. The fraction of sp³-hybridized carbons (Fsp3) is 0.647. The Morgan fingerprint density at radius 1 is 1.25 bits per heavy atom. The standard InChI is InChI=1S/C17H28N2O/c1-12-11-19(4)13(2)10-17(12)18-14(3)15-6-8-16(20-5)9-7-15/h6-9,12-14,17-18H,10-11H2,1-5H3. The molecule has 2 rings (SSSR count). The fourth-order valence-corrected chi connectivity index (χ4v) is 3.08. The number of rotatable bonds is 4. The van der Waals surface area contributed by atoms with Gasteiger partial charge >= 0.3 is 0 Å². The van der Waals surface area contributed by atoms with Crippen molar-refractivity contribution in [3.05, 3.63) is 29.8 Å². The summed E-state index contributed by atoms with van der Waals surface area (Å²) in [4.78, 5) is 2.46. The van der Waals surface area contributed by atoms with E-state index in [-0.39, 0.29) is 0 Å². The topological polar surface area (TPSA) is 24.5 Å². The summed E-state index contributed by atoms with van der Waals surface area (Å²) in [6, 6.07) is 10.0. The Morgan fingerprint density at radius 2 is 1.90 bits per heavy atom. The maximum atomic E-state index is 5.22. The molecule has 20 heavy (non-hydrogen) atoms. The first kappa shape index (κ1) is 15.3. The van der Waals surface area contributed by atoms with Crippen LogP contribution >= 0.6 is 0 Å². The van der Waals surface area contributed by atoms with E-state index >= 15 is 0 Å². The summed E-state index contributed by atoms with van der Waals surface area (Å²) in [5, 5.41) is 3.81. The Bertz CT molecular complexity index is 418. The van der Waals surface area contributed by atoms with Crippen LogP contribution in [0.5, 0.6) is 5.75 Å². The summed E-state index contributed by atoms with van der Waals surface area (Å²) in [6.07, 6.45) is 1.22. The van der Waals surface area contributed by atoms with Crippen LogP contribution in [0.1, 0.15) is 38.8 Å². The number of hydrogen-bond acceptors (Lipinski definition) is 3. The summed E-state index contributed by atoms with van der Waals surface area (Å²) in [5.41, 5.74) is 1.32. The lowest BCUT2D eigenvalue weighted by atomic mass is 9.89. The number of benzene rings is 1. The van der Waals surface area contributed by atoms with E-state index in [0.29, 0.717) is 24.0 Å². The number of likely N-dealkylation sites (tertiary alicyclic amines) is 1.